The van der Waals surface area contributed by atoms with Gasteiger partial charge in [0.25, 0.3) is 5.56 Å². The Morgan fingerprint density at radius 1 is 1.03 bits per heavy atom. The van der Waals surface area contributed by atoms with Crippen molar-refractivity contribution in [2.45, 2.75) is 5.92 Å². The third-order valence-electron chi connectivity index (χ3n) is 6.11. The van der Waals surface area contributed by atoms with Crippen molar-refractivity contribution in [3.63, 3.8) is 0 Å². The molecule has 1 aliphatic rings. The summed E-state index contributed by atoms with van der Waals surface area (Å²) in [6, 6.07) is 20.5. The predicted molar refractivity (Wildman–Crippen MR) is 125 cm³/mol. The topological polar surface area (TPSA) is 41.0 Å². The van der Waals surface area contributed by atoms with Crippen molar-refractivity contribution in [2.75, 3.05) is 20.1 Å². The maximum Gasteiger partial charge on any atom is 0.255 e. The number of thiophene rings is 1. The molecule has 5 heteroatoms. The third-order valence-corrected chi connectivity index (χ3v) is 7.27. The van der Waals surface area contributed by atoms with E-state index in [9.17, 15) is 4.79 Å². The van der Waals surface area contributed by atoms with Gasteiger partial charge in [0.05, 0.1) is 5.69 Å². The van der Waals surface area contributed by atoms with E-state index in [0.717, 1.165) is 34.7 Å². The first-order valence-electron chi connectivity index (χ1n) is 10.2. The molecule has 3 aromatic heterocycles. The van der Waals surface area contributed by atoms with Gasteiger partial charge in [0.1, 0.15) is 0 Å². The molecular weight excluding hydrogens is 390 g/mol. The summed E-state index contributed by atoms with van der Waals surface area (Å²) in [5.74, 6) is 0.595. The summed E-state index contributed by atoms with van der Waals surface area (Å²) < 4.78 is 2.95. The van der Waals surface area contributed by atoms with Crippen molar-refractivity contribution in [1.82, 2.24) is 14.5 Å². The largest absolute Gasteiger partial charge is 0.361 e. The molecule has 0 unspecified atom stereocenters. The molecule has 30 heavy (non-hydrogen) atoms. The number of likely N-dealkylation sites (N-methyl/N-ethyl adjacent to an activating group) is 1. The summed E-state index contributed by atoms with van der Waals surface area (Å²) in [4.78, 5) is 19.8. The number of nitrogens with zero attached hydrogens (tertiary/aromatic N) is 2. The van der Waals surface area contributed by atoms with Crippen LogP contribution in [0.25, 0.3) is 37.1 Å². The highest BCUT2D eigenvalue weighted by atomic mass is 32.1. The minimum absolute atomic E-state index is 0.0169. The van der Waals surface area contributed by atoms with E-state index in [2.05, 4.69) is 53.5 Å². The van der Waals surface area contributed by atoms with Crippen LogP contribution in [0.3, 0.4) is 0 Å². The highest BCUT2D eigenvalue weighted by Crippen LogP contribution is 2.34. The van der Waals surface area contributed by atoms with Gasteiger partial charge in [-0.25, -0.2) is 0 Å². The van der Waals surface area contributed by atoms with Crippen LogP contribution in [0.2, 0.25) is 0 Å². The van der Waals surface area contributed by atoms with Gasteiger partial charge in [0, 0.05) is 57.9 Å². The zero-order chi connectivity index (χ0) is 20.2. The zero-order valence-electron chi connectivity index (χ0n) is 16.6. The van der Waals surface area contributed by atoms with Crippen LogP contribution in [0.4, 0.5) is 0 Å². The van der Waals surface area contributed by atoms with E-state index in [1.807, 2.05) is 30.5 Å². The maximum absolute atomic E-state index is 12.9. The number of fused-ring (bicyclic) bond motifs is 2. The molecule has 2 aromatic carbocycles. The van der Waals surface area contributed by atoms with Gasteiger partial charge in [-0.3, -0.25) is 9.36 Å². The van der Waals surface area contributed by atoms with Crippen LogP contribution in [0.15, 0.2) is 77.9 Å². The molecule has 0 atom stereocenters. The number of pyridine rings is 1. The van der Waals surface area contributed by atoms with E-state index in [0.29, 0.717) is 5.92 Å². The molecule has 0 spiro atoms. The fraction of sp³-hybridized carbons (Fsp3) is 0.160. The minimum Gasteiger partial charge on any atom is -0.361 e. The second-order valence-corrected chi connectivity index (χ2v) is 9.25. The highest BCUT2D eigenvalue weighted by Gasteiger charge is 2.26. The Kier molecular flexibility index (Phi) is 3.94. The van der Waals surface area contributed by atoms with Gasteiger partial charge in [-0.15, -0.1) is 11.3 Å². The number of aromatic nitrogens is 2. The van der Waals surface area contributed by atoms with Crippen molar-refractivity contribution in [2.24, 2.45) is 0 Å². The van der Waals surface area contributed by atoms with Crippen LogP contribution in [0, 0.1) is 0 Å². The van der Waals surface area contributed by atoms with Gasteiger partial charge in [-0.1, -0.05) is 24.3 Å². The molecule has 0 amide bonds. The Bertz CT molecular complexity index is 1420. The minimum atomic E-state index is -0.0169. The quantitative estimate of drug-likeness (QED) is 0.442. The lowest BCUT2D eigenvalue weighted by atomic mass is 9.92. The molecule has 1 fully saturated rings. The molecule has 0 radical (unpaired) electrons. The van der Waals surface area contributed by atoms with Crippen LogP contribution >= 0.6 is 11.3 Å². The van der Waals surface area contributed by atoms with Gasteiger partial charge >= 0.3 is 0 Å². The van der Waals surface area contributed by atoms with Crippen molar-refractivity contribution in [3.8, 4) is 16.1 Å². The van der Waals surface area contributed by atoms with Crippen molar-refractivity contribution < 1.29 is 0 Å². The third kappa shape index (κ3) is 2.82. The number of H-pyrrole nitrogens is 1. The van der Waals surface area contributed by atoms with E-state index < -0.39 is 0 Å². The molecule has 1 N–H and O–H groups in total. The van der Waals surface area contributed by atoms with Gasteiger partial charge in [-0.05, 0) is 53.9 Å². The van der Waals surface area contributed by atoms with Crippen LogP contribution in [-0.4, -0.2) is 34.6 Å². The molecule has 148 valence electrons. The number of aromatic amines is 1. The van der Waals surface area contributed by atoms with Crippen molar-refractivity contribution in [1.29, 1.82) is 0 Å². The van der Waals surface area contributed by atoms with Crippen LogP contribution < -0.4 is 5.56 Å². The monoisotopic (exact) mass is 411 g/mol. The smallest absolute Gasteiger partial charge is 0.255 e. The van der Waals surface area contributed by atoms with E-state index in [1.165, 1.54) is 21.0 Å². The normalized spacial score (nSPS) is 15.1. The Hall–Kier alpha value is -3.15. The Morgan fingerprint density at radius 3 is 2.70 bits per heavy atom. The van der Waals surface area contributed by atoms with Crippen LogP contribution in [0.1, 0.15) is 11.5 Å². The Labute approximate surface area is 178 Å². The van der Waals surface area contributed by atoms with E-state index in [1.54, 1.807) is 22.0 Å². The number of rotatable bonds is 3. The molecule has 1 saturated heterocycles. The van der Waals surface area contributed by atoms with Gasteiger partial charge < -0.3 is 9.88 Å². The summed E-state index contributed by atoms with van der Waals surface area (Å²) in [6.07, 6.45) is 4.01. The molecule has 1 aliphatic heterocycles. The summed E-state index contributed by atoms with van der Waals surface area (Å²) in [7, 11) is 2.15. The second-order valence-electron chi connectivity index (χ2n) is 8.16. The summed E-state index contributed by atoms with van der Waals surface area (Å²) >= 11 is 1.72. The van der Waals surface area contributed by atoms with E-state index in [-0.39, 0.29) is 5.56 Å². The SMILES string of the molecule is CN1CC(c2c[nH]c3cc(-n4ccc(-c5cc6ccccc6s5)cc4=O)ccc23)C1. The van der Waals surface area contributed by atoms with Gasteiger partial charge in [0.15, 0.2) is 0 Å². The van der Waals surface area contributed by atoms with Gasteiger partial charge in [0.2, 0.25) is 0 Å². The van der Waals surface area contributed by atoms with Crippen LogP contribution in [-0.2, 0) is 0 Å². The molecule has 4 heterocycles. The predicted octanol–water partition coefficient (Wildman–Crippen LogP) is 5.23. The molecule has 0 saturated carbocycles. The lowest BCUT2D eigenvalue weighted by Gasteiger charge is -2.36. The summed E-state index contributed by atoms with van der Waals surface area (Å²) in [5.41, 5.74) is 4.29. The molecule has 5 aromatic rings. The number of hydrogen-bond donors (Lipinski definition) is 1. The molecule has 4 nitrogen and oxygen atoms in total. The molecule has 6 rings (SSSR count). The van der Waals surface area contributed by atoms with E-state index >= 15 is 0 Å². The molecule has 0 aliphatic carbocycles. The Balaban J connectivity index is 1.36. The number of benzene rings is 2. The number of nitrogens with one attached hydrogen (secondary N) is 1. The van der Waals surface area contributed by atoms with Gasteiger partial charge in [-0.2, -0.15) is 0 Å². The fourth-order valence-electron chi connectivity index (χ4n) is 4.49. The first kappa shape index (κ1) is 17.7. The number of likely N-dealkylation sites (tertiary alicyclic amines) is 1. The lowest BCUT2D eigenvalue weighted by Crippen LogP contribution is -2.41. The average Bonchev–Trinajstić information content (AvgIpc) is 3.35. The number of hydrogen-bond acceptors (Lipinski definition) is 3. The van der Waals surface area contributed by atoms with Crippen molar-refractivity contribution >= 4 is 32.3 Å². The molecule has 0 bridgehead atoms. The summed E-state index contributed by atoms with van der Waals surface area (Å²) in [5, 5.41) is 2.47. The highest BCUT2D eigenvalue weighted by molar-refractivity contribution is 7.22. The Morgan fingerprint density at radius 2 is 1.90 bits per heavy atom. The first-order chi connectivity index (χ1) is 14.7. The zero-order valence-corrected chi connectivity index (χ0v) is 17.4. The summed E-state index contributed by atoms with van der Waals surface area (Å²) in [6.45, 7) is 2.21. The maximum atomic E-state index is 12.9. The lowest BCUT2D eigenvalue weighted by molar-refractivity contribution is 0.190. The van der Waals surface area contributed by atoms with Crippen molar-refractivity contribution in [3.05, 3.63) is 89.0 Å². The fourth-order valence-corrected chi connectivity index (χ4v) is 5.55. The van der Waals surface area contributed by atoms with E-state index in [4.69, 9.17) is 0 Å². The second kappa shape index (κ2) is 6.69. The first-order valence-corrected chi connectivity index (χ1v) is 11.0. The average molecular weight is 412 g/mol. The molecular formula is C25H21N3OS. The standard InChI is InChI=1S/C25H21N3OS/c1-27-14-18(15-27)21-13-26-22-12-19(6-7-20(21)22)28-9-8-17(11-25(28)29)24-10-16-4-2-3-5-23(16)30-24/h2-13,18,26H,14-15H2,1H3. The van der Waals surface area contributed by atoms with Crippen LogP contribution in [0.5, 0.6) is 0 Å².